The summed E-state index contributed by atoms with van der Waals surface area (Å²) in [7, 11) is -2.50. The van der Waals surface area contributed by atoms with Gasteiger partial charge in [0.05, 0.1) is 0 Å². The van der Waals surface area contributed by atoms with Crippen molar-refractivity contribution in [1.82, 2.24) is 0 Å². The first-order valence-corrected chi connectivity index (χ1v) is 13.1. The van der Waals surface area contributed by atoms with Crippen molar-refractivity contribution in [2.24, 2.45) is 0 Å². The van der Waals surface area contributed by atoms with Crippen molar-refractivity contribution in [1.29, 1.82) is 0 Å². The molecular weight excluding hydrogens is 256 g/mol. The molecule has 0 spiro atoms. The fourth-order valence-corrected chi connectivity index (χ4v) is 6.85. The molecule has 0 aromatic heterocycles. The summed E-state index contributed by atoms with van der Waals surface area (Å²) in [6, 6.07) is 2.63. The molecule has 0 aliphatic carbocycles. The highest BCUT2D eigenvalue weighted by Gasteiger charge is 2.30. The van der Waals surface area contributed by atoms with Crippen LogP contribution in [0.15, 0.2) is 12.3 Å². The maximum absolute atomic E-state index is 5.84. The third kappa shape index (κ3) is 5.82. The maximum atomic E-state index is 5.84. The molecule has 2 aliphatic rings. The Balaban J connectivity index is 0.000000184. The van der Waals surface area contributed by atoms with Crippen LogP contribution in [0.5, 0.6) is 0 Å². The SMILES string of the molecule is C=C[Si]1(C)CCCC(C)O1.C[Si]1(C)CCCCO1. The van der Waals surface area contributed by atoms with Gasteiger partial charge in [-0.05, 0) is 51.5 Å². The zero-order valence-electron chi connectivity index (χ0n) is 12.6. The molecule has 2 atom stereocenters. The minimum absolute atomic E-state index is 0.475. The average Bonchev–Trinajstić information content (AvgIpc) is 2.29. The summed E-state index contributed by atoms with van der Waals surface area (Å²) in [4.78, 5) is 0. The van der Waals surface area contributed by atoms with Crippen LogP contribution in [0.3, 0.4) is 0 Å². The molecule has 2 unspecified atom stereocenters. The van der Waals surface area contributed by atoms with Crippen molar-refractivity contribution in [3.63, 3.8) is 0 Å². The van der Waals surface area contributed by atoms with Crippen LogP contribution in [0.4, 0.5) is 0 Å². The molecular formula is C14H30O2Si2. The molecule has 2 aliphatic heterocycles. The third-order valence-corrected chi connectivity index (χ3v) is 9.55. The highest BCUT2D eigenvalue weighted by atomic mass is 28.4. The van der Waals surface area contributed by atoms with Crippen LogP contribution in [-0.4, -0.2) is 29.3 Å². The lowest BCUT2D eigenvalue weighted by Gasteiger charge is -2.32. The normalized spacial score (nSPS) is 35.2. The van der Waals surface area contributed by atoms with E-state index in [2.05, 4.69) is 38.8 Å². The Morgan fingerprint density at radius 1 is 1.11 bits per heavy atom. The Morgan fingerprint density at radius 3 is 2.17 bits per heavy atom. The Hall–Kier alpha value is 0.0938. The molecule has 0 saturated carbocycles. The fourth-order valence-electron chi connectivity index (χ4n) is 2.54. The second-order valence-electron chi connectivity index (χ2n) is 6.40. The van der Waals surface area contributed by atoms with Gasteiger partial charge in [0, 0.05) is 12.7 Å². The van der Waals surface area contributed by atoms with Gasteiger partial charge in [-0.2, -0.15) is 0 Å². The zero-order chi connectivity index (χ0) is 13.6. The summed E-state index contributed by atoms with van der Waals surface area (Å²) in [6.45, 7) is 13.9. The third-order valence-electron chi connectivity index (χ3n) is 3.85. The summed E-state index contributed by atoms with van der Waals surface area (Å²) in [5.41, 5.74) is 2.06. The van der Waals surface area contributed by atoms with E-state index in [1.54, 1.807) is 0 Å². The van der Waals surface area contributed by atoms with E-state index in [1.165, 1.54) is 37.8 Å². The van der Waals surface area contributed by atoms with Crippen LogP contribution in [0.25, 0.3) is 0 Å². The van der Waals surface area contributed by atoms with Crippen molar-refractivity contribution in [3.05, 3.63) is 12.3 Å². The Kier molecular flexibility index (Phi) is 6.31. The Morgan fingerprint density at radius 2 is 1.83 bits per heavy atom. The molecule has 106 valence electrons. The van der Waals surface area contributed by atoms with E-state index in [1.807, 2.05) is 0 Å². The Labute approximate surface area is 115 Å². The second-order valence-corrected chi connectivity index (χ2v) is 14.5. The van der Waals surface area contributed by atoms with E-state index in [4.69, 9.17) is 8.85 Å². The first-order chi connectivity index (χ1) is 8.37. The number of hydrogen-bond acceptors (Lipinski definition) is 2. The molecule has 2 nitrogen and oxygen atoms in total. The van der Waals surface area contributed by atoms with Gasteiger partial charge in [0.25, 0.3) is 0 Å². The van der Waals surface area contributed by atoms with E-state index < -0.39 is 16.6 Å². The molecule has 4 heteroatoms. The summed E-state index contributed by atoms with van der Waals surface area (Å²) < 4.78 is 11.4. The lowest BCUT2D eigenvalue weighted by Crippen LogP contribution is -2.39. The van der Waals surface area contributed by atoms with Crippen molar-refractivity contribution in [2.45, 2.75) is 70.4 Å². The highest BCUT2D eigenvalue weighted by molar-refractivity contribution is 6.77. The smallest absolute Gasteiger partial charge is 0.213 e. The molecule has 0 amide bonds. The molecule has 0 radical (unpaired) electrons. The Bertz CT molecular complexity index is 261. The summed E-state index contributed by atoms with van der Waals surface area (Å²) in [5.74, 6) is 0. The summed E-state index contributed by atoms with van der Waals surface area (Å²) >= 11 is 0. The molecule has 0 aromatic carbocycles. The van der Waals surface area contributed by atoms with E-state index in [9.17, 15) is 0 Å². The van der Waals surface area contributed by atoms with E-state index in [-0.39, 0.29) is 0 Å². The molecule has 18 heavy (non-hydrogen) atoms. The first kappa shape index (κ1) is 16.1. The number of rotatable bonds is 1. The minimum Gasteiger partial charge on any atom is -0.417 e. The van der Waals surface area contributed by atoms with Gasteiger partial charge in [0.15, 0.2) is 8.32 Å². The molecule has 0 N–H and O–H groups in total. The quantitative estimate of drug-likeness (QED) is 0.661. The van der Waals surface area contributed by atoms with E-state index in [0.717, 1.165) is 6.61 Å². The summed E-state index contributed by atoms with van der Waals surface area (Å²) in [5, 5.41) is 0. The van der Waals surface area contributed by atoms with Crippen LogP contribution in [-0.2, 0) is 8.85 Å². The van der Waals surface area contributed by atoms with Gasteiger partial charge in [0.2, 0.25) is 8.32 Å². The predicted molar refractivity (Wildman–Crippen MR) is 83.9 cm³/mol. The number of hydrogen-bond donors (Lipinski definition) is 0. The molecule has 2 saturated heterocycles. The monoisotopic (exact) mass is 286 g/mol. The van der Waals surface area contributed by atoms with Crippen LogP contribution >= 0.6 is 0 Å². The molecule has 2 rings (SSSR count). The van der Waals surface area contributed by atoms with Gasteiger partial charge >= 0.3 is 0 Å². The van der Waals surface area contributed by atoms with E-state index in [0.29, 0.717) is 6.10 Å². The van der Waals surface area contributed by atoms with Crippen molar-refractivity contribution in [3.8, 4) is 0 Å². The first-order valence-electron chi connectivity index (χ1n) is 7.32. The van der Waals surface area contributed by atoms with Gasteiger partial charge in [-0.25, -0.2) is 0 Å². The molecule has 0 aromatic rings. The van der Waals surface area contributed by atoms with Crippen LogP contribution < -0.4 is 0 Å². The van der Waals surface area contributed by atoms with Crippen LogP contribution in [0, 0.1) is 0 Å². The topological polar surface area (TPSA) is 18.5 Å². The van der Waals surface area contributed by atoms with Gasteiger partial charge < -0.3 is 8.85 Å². The fraction of sp³-hybridized carbons (Fsp3) is 0.857. The lowest BCUT2D eigenvalue weighted by molar-refractivity contribution is 0.182. The van der Waals surface area contributed by atoms with Crippen molar-refractivity contribution >= 4 is 16.6 Å². The van der Waals surface area contributed by atoms with Crippen molar-refractivity contribution < 1.29 is 8.85 Å². The predicted octanol–water partition coefficient (Wildman–Crippen LogP) is 4.49. The highest BCUT2D eigenvalue weighted by Crippen LogP contribution is 2.26. The molecule has 2 fully saturated rings. The zero-order valence-corrected chi connectivity index (χ0v) is 14.6. The largest absolute Gasteiger partial charge is 0.417 e. The maximum Gasteiger partial charge on any atom is 0.213 e. The van der Waals surface area contributed by atoms with Crippen LogP contribution in [0.2, 0.25) is 31.7 Å². The van der Waals surface area contributed by atoms with Gasteiger partial charge in [0.1, 0.15) is 0 Å². The summed E-state index contributed by atoms with van der Waals surface area (Å²) in [6.07, 6.45) is 5.73. The van der Waals surface area contributed by atoms with Crippen LogP contribution in [0.1, 0.15) is 32.6 Å². The average molecular weight is 287 g/mol. The standard InChI is InChI=1S/C8H16OSi.C6H14OSi/c1-4-10(3)7-5-6-8(2)9-10;1-8(2)6-4-3-5-7-8/h4,8H,1,5-7H2,2-3H3;3-6H2,1-2H3. The van der Waals surface area contributed by atoms with Gasteiger partial charge in [-0.15, -0.1) is 6.58 Å². The molecule has 0 bridgehead atoms. The second kappa shape index (κ2) is 7.03. The lowest BCUT2D eigenvalue weighted by atomic mass is 10.2. The molecule has 2 heterocycles. The van der Waals surface area contributed by atoms with E-state index >= 15 is 0 Å². The van der Waals surface area contributed by atoms with Crippen molar-refractivity contribution in [2.75, 3.05) is 6.61 Å². The van der Waals surface area contributed by atoms with Gasteiger partial charge in [-0.1, -0.05) is 18.5 Å². The van der Waals surface area contributed by atoms with Gasteiger partial charge in [-0.3, -0.25) is 0 Å². The minimum atomic E-state index is -1.41.